The number of carbonyl (C=O) groups is 3. The van der Waals surface area contributed by atoms with Gasteiger partial charge < -0.3 is 21.1 Å². The SMILES string of the molecule is CC(=O)Nc1ccc(NC(=O)NC(C)C)c(C(=O)O)c1. The summed E-state index contributed by atoms with van der Waals surface area (Å²) in [6.45, 7) is 4.90. The molecule has 0 saturated heterocycles. The van der Waals surface area contributed by atoms with Crippen molar-refractivity contribution in [2.75, 3.05) is 10.6 Å². The van der Waals surface area contributed by atoms with E-state index in [0.29, 0.717) is 5.69 Å². The van der Waals surface area contributed by atoms with E-state index in [1.807, 2.05) is 0 Å². The highest BCUT2D eigenvalue weighted by Crippen LogP contribution is 2.20. The van der Waals surface area contributed by atoms with Crippen molar-refractivity contribution in [2.24, 2.45) is 0 Å². The average molecular weight is 279 g/mol. The fourth-order valence-electron chi connectivity index (χ4n) is 1.53. The predicted molar refractivity (Wildman–Crippen MR) is 75.0 cm³/mol. The molecule has 0 aromatic heterocycles. The third-order valence-corrected chi connectivity index (χ3v) is 2.24. The lowest BCUT2D eigenvalue weighted by atomic mass is 10.1. The van der Waals surface area contributed by atoms with Crippen LogP contribution < -0.4 is 16.0 Å². The lowest BCUT2D eigenvalue weighted by molar-refractivity contribution is -0.114. The summed E-state index contributed by atoms with van der Waals surface area (Å²) in [6, 6.07) is 3.67. The molecule has 3 amide bonds. The smallest absolute Gasteiger partial charge is 0.337 e. The normalized spacial score (nSPS) is 10.0. The highest BCUT2D eigenvalue weighted by molar-refractivity contribution is 6.01. The Hall–Kier alpha value is -2.57. The maximum atomic E-state index is 11.6. The molecule has 0 atom stereocenters. The zero-order chi connectivity index (χ0) is 15.3. The maximum absolute atomic E-state index is 11.6. The number of carboxylic acid groups (broad SMARTS) is 1. The molecule has 7 nitrogen and oxygen atoms in total. The largest absolute Gasteiger partial charge is 0.478 e. The van der Waals surface area contributed by atoms with Crippen LogP contribution in [0.5, 0.6) is 0 Å². The van der Waals surface area contributed by atoms with Gasteiger partial charge in [0.05, 0.1) is 11.3 Å². The summed E-state index contributed by atoms with van der Waals surface area (Å²) in [5.41, 5.74) is 0.407. The molecule has 0 radical (unpaired) electrons. The van der Waals surface area contributed by atoms with Crippen LogP contribution in [0.4, 0.5) is 16.2 Å². The fourth-order valence-corrected chi connectivity index (χ4v) is 1.53. The van der Waals surface area contributed by atoms with Crippen molar-refractivity contribution in [1.29, 1.82) is 0 Å². The molecule has 7 heteroatoms. The molecule has 4 N–H and O–H groups in total. The predicted octanol–water partition coefficient (Wildman–Crippen LogP) is 1.87. The van der Waals surface area contributed by atoms with Gasteiger partial charge >= 0.3 is 12.0 Å². The third-order valence-electron chi connectivity index (χ3n) is 2.24. The maximum Gasteiger partial charge on any atom is 0.337 e. The summed E-state index contributed by atoms with van der Waals surface area (Å²) >= 11 is 0. The first-order chi connectivity index (χ1) is 9.29. The number of benzene rings is 1. The molecule has 1 rings (SSSR count). The molecule has 108 valence electrons. The van der Waals surface area contributed by atoms with Crippen LogP contribution in [0.3, 0.4) is 0 Å². The summed E-state index contributed by atoms with van der Waals surface area (Å²) < 4.78 is 0. The minimum absolute atomic E-state index is 0.0677. The number of hydrogen-bond donors (Lipinski definition) is 4. The minimum Gasteiger partial charge on any atom is -0.478 e. The number of anilines is 2. The number of carboxylic acids is 1. The minimum atomic E-state index is -1.20. The van der Waals surface area contributed by atoms with Gasteiger partial charge in [0, 0.05) is 18.7 Å². The second-order valence-corrected chi connectivity index (χ2v) is 4.50. The summed E-state index contributed by atoms with van der Waals surface area (Å²) in [6.07, 6.45) is 0. The van der Waals surface area contributed by atoms with Gasteiger partial charge in [-0.2, -0.15) is 0 Å². The molecular formula is C13H17N3O4. The Morgan fingerprint density at radius 1 is 1.15 bits per heavy atom. The Morgan fingerprint density at radius 2 is 1.80 bits per heavy atom. The number of carbonyl (C=O) groups excluding carboxylic acids is 2. The van der Waals surface area contributed by atoms with Crippen LogP contribution in [0.2, 0.25) is 0 Å². The van der Waals surface area contributed by atoms with E-state index in [4.69, 9.17) is 5.11 Å². The fraction of sp³-hybridized carbons (Fsp3) is 0.308. The van der Waals surface area contributed by atoms with Gasteiger partial charge in [-0.25, -0.2) is 9.59 Å². The monoisotopic (exact) mass is 279 g/mol. The van der Waals surface area contributed by atoms with Gasteiger partial charge in [0.15, 0.2) is 0 Å². The number of aromatic carboxylic acids is 1. The van der Waals surface area contributed by atoms with Crippen LogP contribution in [0, 0.1) is 0 Å². The van der Waals surface area contributed by atoms with Crippen LogP contribution in [-0.2, 0) is 4.79 Å². The molecule has 1 aromatic rings. The first kappa shape index (κ1) is 15.5. The summed E-state index contributed by atoms with van der Waals surface area (Å²) in [4.78, 5) is 33.7. The number of amides is 3. The van der Waals surface area contributed by atoms with Crippen molar-refractivity contribution in [3.05, 3.63) is 23.8 Å². The molecule has 20 heavy (non-hydrogen) atoms. The highest BCUT2D eigenvalue weighted by atomic mass is 16.4. The Labute approximate surface area is 116 Å². The summed E-state index contributed by atoms with van der Waals surface area (Å²) in [5, 5.41) is 16.7. The lowest BCUT2D eigenvalue weighted by Gasteiger charge is -2.13. The van der Waals surface area contributed by atoms with Gasteiger partial charge in [-0.1, -0.05) is 0 Å². The van der Waals surface area contributed by atoms with Crippen molar-refractivity contribution in [2.45, 2.75) is 26.8 Å². The van der Waals surface area contributed by atoms with E-state index < -0.39 is 12.0 Å². The van der Waals surface area contributed by atoms with E-state index in [0.717, 1.165) is 0 Å². The van der Waals surface area contributed by atoms with Crippen molar-refractivity contribution in [3.63, 3.8) is 0 Å². The van der Waals surface area contributed by atoms with Crippen molar-refractivity contribution in [1.82, 2.24) is 5.32 Å². The molecular weight excluding hydrogens is 262 g/mol. The Bertz CT molecular complexity index is 540. The zero-order valence-electron chi connectivity index (χ0n) is 11.5. The molecule has 0 aliphatic carbocycles. The van der Waals surface area contributed by atoms with E-state index in [1.165, 1.54) is 25.1 Å². The van der Waals surface area contributed by atoms with Crippen LogP contribution in [0.25, 0.3) is 0 Å². The van der Waals surface area contributed by atoms with Crippen molar-refractivity contribution < 1.29 is 19.5 Å². The first-order valence-corrected chi connectivity index (χ1v) is 6.02. The number of rotatable bonds is 4. The van der Waals surface area contributed by atoms with Crippen LogP contribution in [0.1, 0.15) is 31.1 Å². The van der Waals surface area contributed by atoms with E-state index in [2.05, 4.69) is 16.0 Å². The van der Waals surface area contributed by atoms with Crippen LogP contribution in [-0.4, -0.2) is 29.1 Å². The lowest BCUT2D eigenvalue weighted by Crippen LogP contribution is -2.34. The summed E-state index contributed by atoms with van der Waals surface area (Å²) in [7, 11) is 0. The van der Waals surface area contributed by atoms with E-state index in [1.54, 1.807) is 13.8 Å². The highest BCUT2D eigenvalue weighted by Gasteiger charge is 2.14. The molecule has 0 fully saturated rings. The van der Waals surface area contributed by atoms with Gasteiger partial charge in [-0.15, -0.1) is 0 Å². The second kappa shape index (κ2) is 6.55. The molecule has 0 unspecified atom stereocenters. The first-order valence-electron chi connectivity index (χ1n) is 6.02. The topological polar surface area (TPSA) is 108 Å². The molecule has 0 heterocycles. The second-order valence-electron chi connectivity index (χ2n) is 4.50. The van der Waals surface area contributed by atoms with Crippen LogP contribution >= 0.6 is 0 Å². The standard InChI is InChI=1S/C13H17N3O4/c1-7(2)14-13(20)16-11-5-4-9(15-8(3)17)6-10(11)12(18)19/h4-7H,1-3H3,(H,15,17)(H,18,19)(H2,14,16,20). The Morgan fingerprint density at radius 3 is 2.30 bits per heavy atom. The molecule has 0 spiro atoms. The Kier molecular flexibility index (Phi) is 5.08. The molecule has 0 aliphatic heterocycles. The van der Waals surface area contributed by atoms with E-state index in [9.17, 15) is 14.4 Å². The van der Waals surface area contributed by atoms with Gasteiger partial charge in [0.2, 0.25) is 5.91 Å². The van der Waals surface area contributed by atoms with E-state index >= 15 is 0 Å². The van der Waals surface area contributed by atoms with Gasteiger partial charge in [-0.05, 0) is 32.0 Å². The van der Waals surface area contributed by atoms with Gasteiger partial charge in [0.25, 0.3) is 0 Å². The zero-order valence-corrected chi connectivity index (χ0v) is 11.5. The van der Waals surface area contributed by atoms with Gasteiger partial charge in [-0.3, -0.25) is 4.79 Å². The Balaban J connectivity index is 2.98. The third kappa shape index (κ3) is 4.60. The quantitative estimate of drug-likeness (QED) is 0.674. The molecule has 1 aromatic carbocycles. The number of nitrogens with one attached hydrogen (secondary N) is 3. The van der Waals surface area contributed by atoms with Crippen molar-refractivity contribution in [3.8, 4) is 0 Å². The van der Waals surface area contributed by atoms with Crippen LogP contribution in [0.15, 0.2) is 18.2 Å². The molecule has 0 bridgehead atoms. The summed E-state index contributed by atoms with van der Waals surface area (Å²) in [5.74, 6) is -1.50. The van der Waals surface area contributed by atoms with Crippen molar-refractivity contribution >= 4 is 29.3 Å². The van der Waals surface area contributed by atoms with Gasteiger partial charge in [0.1, 0.15) is 0 Å². The molecule has 0 saturated carbocycles. The van der Waals surface area contributed by atoms with E-state index in [-0.39, 0.29) is 23.2 Å². The number of urea groups is 1. The average Bonchev–Trinajstić information content (AvgIpc) is 2.28. The number of hydrogen-bond acceptors (Lipinski definition) is 3. The molecule has 0 aliphatic rings.